The molecule has 1 rings (SSSR count). The van der Waals surface area contributed by atoms with Crippen LogP contribution in [0.15, 0.2) is 12.1 Å². The van der Waals surface area contributed by atoms with E-state index in [9.17, 15) is 13.2 Å². The van der Waals surface area contributed by atoms with Gasteiger partial charge in [0, 0.05) is 45.1 Å². The molecule has 7 heteroatoms. The summed E-state index contributed by atoms with van der Waals surface area (Å²) in [7, 11) is 2.18. The lowest BCUT2D eigenvalue weighted by molar-refractivity contribution is 0.122. The maximum Gasteiger partial charge on any atom is 0.500 e. The van der Waals surface area contributed by atoms with Crippen molar-refractivity contribution in [1.29, 1.82) is 0 Å². The molecule has 0 radical (unpaired) electrons. The minimum absolute atomic E-state index is 0.0456. The lowest BCUT2D eigenvalue weighted by atomic mass is 10.1. The quantitative estimate of drug-likeness (QED) is 0.476. The molecular weight excluding hydrogens is 313 g/mol. The molecule has 126 valence electrons. The van der Waals surface area contributed by atoms with Gasteiger partial charge >= 0.3 is 8.80 Å². The van der Waals surface area contributed by atoms with Crippen molar-refractivity contribution >= 4 is 8.80 Å². The molecule has 1 aromatic rings. The van der Waals surface area contributed by atoms with E-state index in [1.165, 1.54) is 0 Å². The number of hydrogen-bond acceptors (Lipinski definition) is 3. The Bertz CT molecular complexity index is 436. The van der Waals surface area contributed by atoms with E-state index in [0.29, 0.717) is 24.6 Å². The second-order valence-corrected chi connectivity index (χ2v) is 8.15. The van der Waals surface area contributed by atoms with Crippen LogP contribution in [0, 0.1) is 17.5 Å². The zero-order valence-corrected chi connectivity index (χ0v) is 14.3. The molecule has 0 saturated heterocycles. The Hall–Kier alpha value is -0.893. The van der Waals surface area contributed by atoms with Gasteiger partial charge in [0.15, 0.2) is 0 Å². The molecule has 0 bridgehead atoms. The van der Waals surface area contributed by atoms with E-state index in [1.807, 2.05) is 0 Å². The molecule has 1 aromatic carbocycles. The summed E-state index contributed by atoms with van der Waals surface area (Å²) < 4.78 is 55.7. The molecule has 0 heterocycles. The molecule has 0 N–H and O–H groups in total. The van der Waals surface area contributed by atoms with Crippen LogP contribution in [-0.2, 0) is 19.7 Å². The third kappa shape index (κ3) is 5.39. The second kappa shape index (κ2) is 9.29. The number of hydrogen-bond donors (Lipinski definition) is 0. The van der Waals surface area contributed by atoms with Crippen molar-refractivity contribution in [3.63, 3.8) is 0 Å². The number of benzene rings is 1. The summed E-state index contributed by atoms with van der Waals surface area (Å²) in [6, 6.07) is 2.14. The first-order valence-electron chi connectivity index (χ1n) is 7.27. The van der Waals surface area contributed by atoms with Crippen molar-refractivity contribution in [1.82, 2.24) is 0 Å². The van der Waals surface area contributed by atoms with Crippen LogP contribution >= 0.6 is 0 Å². The maximum absolute atomic E-state index is 13.5. The standard InChI is InChI=1S/C15H23F3O3Si/c1-19-22(20-2,21-3)9-7-5-4-6-8-13-14(17)10-12(16)11-15(13)18/h10-11H,4-9H2,1-3H3. The average molecular weight is 336 g/mol. The van der Waals surface area contributed by atoms with Crippen LogP contribution in [0.2, 0.25) is 6.04 Å². The smallest absolute Gasteiger partial charge is 0.377 e. The fourth-order valence-corrected chi connectivity index (χ4v) is 4.16. The molecule has 0 aromatic heterocycles. The Morgan fingerprint density at radius 3 is 1.82 bits per heavy atom. The molecule has 0 amide bonds. The van der Waals surface area contributed by atoms with E-state index in [2.05, 4.69) is 0 Å². The normalized spacial score (nSPS) is 11.9. The minimum Gasteiger partial charge on any atom is -0.377 e. The average Bonchev–Trinajstić information content (AvgIpc) is 2.49. The molecular formula is C15H23F3O3Si. The van der Waals surface area contributed by atoms with Crippen LogP contribution in [0.5, 0.6) is 0 Å². The first-order valence-corrected chi connectivity index (χ1v) is 9.20. The van der Waals surface area contributed by atoms with E-state index in [4.69, 9.17) is 13.3 Å². The highest BCUT2D eigenvalue weighted by atomic mass is 28.4. The molecule has 0 saturated carbocycles. The van der Waals surface area contributed by atoms with E-state index < -0.39 is 26.3 Å². The Morgan fingerprint density at radius 2 is 1.32 bits per heavy atom. The van der Waals surface area contributed by atoms with Crippen molar-refractivity contribution in [2.45, 2.75) is 38.1 Å². The summed E-state index contributed by atoms with van der Waals surface area (Å²) in [5, 5.41) is 0. The third-order valence-electron chi connectivity index (χ3n) is 3.70. The molecule has 22 heavy (non-hydrogen) atoms. The predicted octanol–water partition coefficient (Wildman–Crippen LogP) is 4.08. The topological polar surface area (TPSA) is 27.7 Å². The molecule has 0 atom stereocenters. The summed E-state index contributed by atoms with van der Waals surface area (Å²) in [5.74, 6) is -2.53. The van der Waals surface area contributed by atoms with Crippen LogP contribution in [-0.4, -0.2) is 30.1 Å². The molecule has 0 aliphatic rings. The van der Waals surface area contributed by atoms with Crippen LogP contribution in [0.25, 0.3) is 0 Å². The van der Waals surface area contributed by atoms with Gasteiger partial charge in [-0.15, -0.1) is 0 Å². The highest BCUT2D eigenvalue weighted by Crippen LogP contribution is 2.20. The van der Waals surface area contributed by atoms with Crippen LogP contribution < -0.4 is 0 Å². The van der Waals surface area contributed by atoms with Crippen LogP contribution in [0.1, 0.15) is 31.2 Å². The lowest BCUT2D eigenvalue weighted by Gasteiger charge is -2.24. The van der Waals surface area contributed by atoms with Gasteiger partial charge in [-0.3, -0.25) is 0 Å². The summed E-state index contributed by atoms with van der Waals surface area (Å²) >= 11 is 0. The Labute approximate surface area is 130 Å². The van der Waals surface area contributed by atoms with Gasteiger partial charge in [-0.05, 0) is 19.3 Å². The number of halogens is 3. The fraction of sp³-hybridized carbons (Fsp3) is 0.600. The molecule has 3 nitrogen and oxygen atoms in total. The van der Waals surface area contributed by atoms with Crippen LogP contribution in [0.3, 0.4) is 0 Å². The molecule has 0 aliphatic carbocycles. The minimum atomic E-state index is -2.53. The highest BCUT2D eigenvalue weighted by molar-refractivity contribution is 6.60. The lowest BCUT2D eigenvalue weighted by Crippen LogP contribution is -2.42. The van der Waals surface area contributed by atoms with E-state index in [1.54, 1.807) is 21.3 Å². The van der Waals surface area contributed by atoms with Crippen molar-refractivity contribution < 1.29 is 26.4 Å². The van der Waals surface area contributed by atoms with Gasteiger partial charge in [-0.25, -0.2) is 13.2 Å². The van der Waals surface area contributed by atoms with Gasteiger partial charge in [0.05, 0.1) is 0 Å². The largest absolute Gasteiger partial charge is 0.500 e. The van der Waals surface area contributed by atoms with Gasteiger partial charge in [-0.2, -0.15) is 0 Å². The molecule has 0 fully saturated rings. The zero-order chi connectivity index (χ0) is 16.6. The van der Waals surface area contributed by atoms with Crippen molar-refractivity contribution in [2.75, 3.05) is 21.3 Å². The van der Waals surface area contributed by atoms with Crippen molar-refractivity contribution in [2.24, 2.45) is 0 Å². The molecule has 0 unspecified atom stereocenters. The Morgan fingerprint density at radius 1 is 0.818 bits per heavy atom. The predicted molar refractivity (Wildman–Crippen MR) is 80.1 cm³/mol. The van der Waals surface area contributed by atoms with Crippen molar-refractivity contribution in [3.05, 3.63) is 35.1 Å². The van der Waals surface area contributed by atoms with Gasteiger partial charge < -0.3 is 13.3 Å². The second-order valence-electron chi connectivity index (χ2n) is 5.06. The van der Waals surface area contributed by atoms with E-state index >= 15 is 0 Å². The van der Waals surface area contributed by atoms with Gasteiger partial charge in [-0.1, -0.05) is 12.8 Å². The first-order chi connectivity index (χ1) is 10.5. The van der Waals surface area contributed by atoms with Crippen LogP contribution in [0.4, 0.5) is 13.2 Å². The Kier molecular flexibility index (Phi) is 8.09. The van der Waals surface area contributed by atoms with Gasteiger partial charge in [0.2, 0.25) is 0 Å². The number of rotatable bonds is 10. The first kappa shape index (κ1) is 19.2. The fourth-order valence-electron chi connectivity index (χ4n) is 2.36. The maximum atomic E-state index is 13.5. The van der Waals surface area contributed by atoms with Gasteiger partial charge in [0.25, 0.3) is 0 Å². The van der Waals surface area contributed by atoms with E-state index in [0.717, 1.165) is 19.3 Å². The summed E-state index contributed by atoms with van der Waals surface area (Å²) in [4.78, 5) is 0. The summed E-state index contributed by atoms with van der Waals surface area (Å²) in [6.45, 7) is 0. The van der Waals surface area contributed by atoms with E-state index in [-0.39, 0.29) is 12.0 Å². The SMILES string of the molecule is CO[Si](CCCCCCc1c(F)cc(F)cc1F)(OC)OC. The van der Waals surface area contributed by atoms with Crippen molar-refractivity contribution in [3.8, 4) is 0 Å². The highest BCUT2D eigenvalue weighted by Gasteiger charge is 2.36. The summed E-state index contributed by atoms with van der Waals surface area (Å²) in [6.07, 6.45) is 3.46. The third-order valence-corrected chi connectivity index (χ3v) is 6.53. The van der Waals surface area contributed by atoms with Gasteiger partial charge in [0.1, 0.15) is 17.5 Å². The zero-order valence-electron chi connectivity index (χ0n) is 13.3. The number of unbranched alkanes of at least 4 members (excludes halogenated alkanes) is 3. The molecule has 0 spiro atoms. The monoisotopic (exact) mass is 336 g/mol. The molecule has 0 aliphatic heterocycles. The Balaban J connectivity index is 2.32. The summed E-state index contributed by atoms with van der Waals surface area (Å²) in [5.41, 5.74) is -0.0456.